The summed E-state index contributed by atoms with van der Waals surface area (Å²) in [6.45, 7) is 4.49. The van der Waals surface area contributed by atoms with Crippen LogP contribution in [0.2, 0.25) is 0 Å². The number of urea groups is 1. The van der Waals surface area contributed by atoms with Gasteiger partial charge in [0.15, 0.2) is 0 Å². The van der Waals surface area contributed by atoms with E-state index in [9.17, 15) is 14.4 Å². The Balaban J connectivity index is 1.72. The maximum atomic E-state index is 12.7. The largest absolute Gasteiger partial charge is 0.339 e. The normalized spacial score (nSPS) is 32.4. The molecule has 20 heavy (non-hydrogen) atoms. The van der Waals surface area contributed by atoms with Gasteiger partial charge in [-0.2, -0.15) is 0 Å². The number of hydrogen-bond acceptors (Lipinski definition) is 4. The first kappa shape index (κ1) is 13.4. The lowest BCUT2D eigenvalue weighted by Crippen LogP contribution is -2.52. The van der Waals surface area contributed by atoms with Crippen molar-refractivity contribution >= 4 is 17.8 Å². The fourth-order valence-corrected chi connectivity index (χ4v) is 3.37. The lowest BCUT2D eigenvalue weighted by Gasteiger charge is -2.36. The predicted octanol–water partition coefficient (Wildman–Crippen LogP) is -0.813. The van der Waals surface area contributed by atoms with Crippen LogP contribution in [0, 0.1) is 5.41 Å². The first-order valence-corrected chi connectivity index (χ1v) is 7.09. The molecule has 7 nitrogen and oxygen atoms in total. The Morgan fingerprint density at radius 3 is 2.50 bits per heavy atom. The summed E-state index contributed by atoms with van der Waals surface area (Å²) in [5.41, 5.74) is -1.26. The van der Waals surface area contributed by atoms with Crippen molar-refractivity contribution in [2.24, 2.45) is 5.41 Å². The van der Waals surface area contributed by atoms with Crippen LogP contribution in [0.1, 0.15) is 26.2 Å². The van der Waals surface area contributed by atoms with Crippen LogP contribution in [0.15, 0.2) is 0 Å². The van der Waals surface area contributed by atoms with E-state index in [0.29, 0.717) is 13.0 Å². The zero-order valence-corrected chi connectivity index (χ0v) is 11.6. The van der Waals surface area contributed by atoms with Gasteiger partial charge in [-0.05, 0) is 32.4 Å². The predicted molar refractivity (Wildman–Crippen MR) is 70.8 cm³/mol. The van der Waals surface area contributed by atoms with E-state index in [0.717, 1.165) is 25.9 Å². The summed E-state index contributed by atoms with van der Waals surface area (Å²) in [4.78, 5) is 37.6. The van der Waals surface area contributed by atoms with Crippen LogP contribution in [-0.2, 0) is 9.59 Å². The Kier molecular flexibility index (Phi) is 2.97. The number of likely N-dealkylation sites (tertiary alicyclic amines) is 1. The Morgan fingerprint density at radius 1 is 1.20 bits per heavy atom. The van der Waals surface area contributed by atoms with Crippen molar-refractivity contribution in [1.29, 1.82) is 0 Å². The van der Waals surface area contributed by atoms with Gasteiger partial charge in [0.1, 0.15) is 5.54 Å². The van der Waals surface area contributed by atoms with Gasteiger partial charge in [0, 0.05) is 12.0 Å². The average molecular weight is 280 g/mol. The molecule has 1 atom stereocenters. The van der Waals surface area contributed by atoms with Crippen molar-refractivity contribution < 1.29 is 14.4 Å². The van der Waals surface area contributed by atoms with Gasteiger partial charge >= 0.3 is 6.03 Å². The zero-order chi connectivity index (χ0) is 14.4. The second-order valence-electron chi connectivity index (χ2n) is 6.28. The van der Waals surface area contributed by atoms with Crippen LogP contribution < -0.4 is 16.0 Å². The Bertz CT molecular complexity index is 472. The van der Waals surface area contributed by atoms with E-state index in [2.05, 4.69) is 16.0 Å². The molecule has 3 rings (SSSR count). The Morgan fingerprint density at radius 2 is 1.90 bits per heavy atom. The van der Waals surface area contributed by atoms with Gasteiger partial charge in [-0.3, -0.25) is 14.9 Å². The van der Waals surface area contributed by atoms with E-state index < -0.39 is 11.6 Å². The third-order valence-corrected chi connectivity index (χ3v) is 4.79. The molecule has 0 aliphatic carbocycles. The molecule has 7 heteroatoms. The number of hydrogen-bond donors (Lipinski definition) is 3. The van der Waals surface area contributed by atoms with E-state index in [4.69, 9.17) is 0 Å². The molecule has 0 radical (unpaired) electrons. The van der Waals surface area contributed by atoms with E-state index in [-0.39, 0.29) is 23.8 Å². The van der Waals surface area contributed by atoms with E-state index in [1.54, 1.807) is 4.90 Å². The Labute approximate surface area is 117 Å². The van der Waals surface area contributed by atoms with Gasteiger partial charge in [-0.25, -0.2) is 4.79 Å². The van der Waals surface area contributed by atoms with Crippen LogP contribution in [-0.4, -0.2) is 54.5 Å². The van der Waals surface area contributed by atoms with Crippen LogP contribution in [0.5, 0.6) is 0 Å². The van der Waals surface area contributed by atoms with Gasteiger partial charge in [0.25, 0.3) is 5.91 Å². The molecule has 3 saturated heterocycles. The number of nitrogens with zero attached hydrogens (tertiary/aromatic N) is 1. The number of imide groups is 1. The van der Waals surface area contributed by atoms with Crippen molar-refractivity contribution in [3.05, 3.63) is 0 Å². The number of nitrogens with one attached hydrogen (secondary N) is 3. The van der Waals surface area contributed by atoms with Crippen molar-refractivity contribution in [3.63, 3.8) is 0 Å². The molecule has 1 spiro atoms. The number of rotatable bonds is 1. The maximum Gasteiger partial charge on any atom is 0.322 e. The molecule has 4 amide bonds. The standard InChI is InChI=1S/C13H20N4O3/c1-12(2-5-14-6-3-12)10(19)17-7-4-13(8-17)9(18)15-11(20)16-13/h14H,2-8H2,1H3,(H2,15,16,18,20). The monoisotopic (exact) mass is 280 g/mol. The second-order valence-corrected chi connectivity index (χ2v) is 6.28. The average Bonchev–Trinajstić information content (AvgIpc) is 2.95. The molecule has 3 fully saturated rings. The SMILES string of the molecule is CC1(C(=O)N2CCC3(C2)NC(=O)NC3=O)CCNCC1. The minimum atomic E-state index is -0.907. The second kappa shape index (κ2) is 4.44. The van der Waals surface area contributed by atoms with Crippen LogP contribution >= 0.6 is 0 Å². The number of carbonyl (C=O) groups excluding carboxylic acids is 3. The highest BCUT2D eigenvalue weighted by Crippen LogP contribution is 2.34. The summed E-state index contributed by atoms with van der Waals surface area (Å²) in [5, 5.41) is 8.19. The summed E-state index contributed by atoms with van der Waals surface area (Å²) in [6, 6.07) is -0.461. The summed E-state index contributed by atoms with van der Waals surface area (Å²) >= 11 is 0. The van der Waals surface area contributed by atoms with Crippen molar-refractivity contribution in [2.75, 3.05) is 26.2 Å². The van der Waals surface area contributed by atoms with E-state index >= 15 is 0 Å². The van der Waals surface area contributed by atoms with E-state index in [1.807, 2.05) is 6.92 Å². The molecule has 3 aliphatic heterocycles. The Hall–Kier alpha value is -1.63. The van der Waals surface area contributed by atoms with Gasteiger partial charge in [0.05, 0.1) is 6.54 Å². The molecular weight excluding hydrogens is 260 g/mol. The van der Waals surface area contributed by atoms with Crippen LogP contribution in [0.3, 0.4) is 0 Å². The fraction of sp³-hybridized carbons (Fsp3) is 0.769. The number of piperidine rings is 1. The topological polar surface area (TPSA) is 90.5 Å². The third-order valence-electron chi connectivity index (χ3n) is 4.79. The van der Waals surface area contributed by atoms with Crippen molar-refractivity contribution in [3.8, 4) is 0 Å². The van der Waals surface area contributed by atoms with Gasteiger partial charge in [-0.1, -0.05) is 6.92 Å². The van der Waals surface area contributed by atoms with Gasteiger partial charge < -0.3 is 15.5 Å². The summed E-state index contributed by atoms with van der Waals surface area (Å²) < 4.78 is 0. The molecule has 0 bridgehead atoms. The van der Waals surface area contributed by atoms with Crippen molar-refractivity contribution in [2.45, 2.75) is 31.7 Å². The molecule has 3 N–H and O–H groups in total. The summed E-state index contributed by atoms with van der Waals surface area (Å²) in [6.07, 6.45) is 2.12. The smallest absolute Gasteiger partial charge is 0.322 e. The molecule has 0 aromatic carbocycles. The van der Waals surface area contributed by atoms with Gasteiger partial charge in [0.2, 0.25) is 5.91 Å². The molecule has 3 heterocycles. The molecule has 3 aliphatic rings. The molecule has 1 unspecified atom stereocenters. The van der Waals surface area contributed by atoms with Gasteiger partial charge in [-0.15, -0.1) is 0 Å². The minimum Gasteiger partial charge on any atom is -0.339 e. The molecule has 0 aromatic rings. The number of amides is 4. The van der Waals surface area contributed by atoms with E-state index in [1.165, 1.54) is 0 Å². The van der Waals surface area contributed by atoms with Crippen LogP contribution in [0.25, 0.3) is 0 Å². The highest BCUT2D eigenvalue weighted by molar-refractivity contribution is 6.07. The zero-order valence-electron chi connectivity index (χ0n) is 11.6. The highest BCUT2D eigenvalue weighted by atomic mass is 16.2. The molecule has 110 valence electrons. The molecule has 0 saturated carbocycles. The van der Waals surface area contributed by atoms with Crippen molar-refractivity contribution in [1.82, 2.24) is 20.9 Å². The molecular formula is C13H20N4O3. The third kappa shape index (κ3) is 1.96. The first-order valence-electron chi connectivity index (χ1n) is 7.09. The summed E-state index contributed by atoms with van der Waals surface area (Å²) in [5.74, 6) is -0.210. The molecule has 0 aromatic heterocycles. The minimum absolute atomic E-state index is 0.102. The van der Waals surface area contributed by atoms with Crippen LogP contribution in [0.4, 0.5) is 4.79 Å². The lowest BCUT2D eigenvalue weighted by atomic mass is 9.79. The maximum absolute atomic E-state index is 12.7. The fourth-order valence-electron chi connectivity index (χ4n) is 3.37. The number of carbonyl (C=O) groups is 3. The lowest BCUT2D eigenvalue weighted by molar-refractivity contribution is -0.142. The summed E-state index contributed by atoms with van der Waals surface area (Å²) in [7, 11) is 0. The quantitative estimate of drug-likeness (QED) is 0.548. The highest BCUT2D eigenvalue weighted by Gasteiger charge is 2.53. The first-order chi connectivity index (χ1) is 9.45.